The van der Waals surface area contributed by atoms with Crippen molar-refractivity contribution in [2.45, 2.75) is 18.6 Å². The van der Waals surface area contributed by atoms with Gasteiger partial charge in [-0.25, -0.2) is 4.98 Å². The van der Waals surface area contributed by atoms with Crippen molar-refractivity contribution in [3.8, 4) is 0 Å². The molecule has 1 N–H and O–H groups in total. The summed E-state index contributed by atoms with van der Waals surface area (Å²) in [6, 6.07) is 5.68. The Bertz CT molecular complexity index is 686. The van der Waals surface area contributed by atoms with E-state index in [-0.39, 0.29) is 18.3 Å². The first kappa shape index (κ1) is 16.1. The first-order valence-electron chi connectivity index (χ1n) is 6.17. The summed E-state index contributed by atoms with van der Waals surface area (Å²) in [5.74, 6) is -1.40. The maximum absolute atomic E-state index is 11.7. The van der Waals surface area contributed by atoms with Gasteiger partial charge in [0.05, 0.1) is 23.4 Å². The van der Waals surface area contributed by atoms with Gasteiger partial charge in [-0.2, -0.15) is 0 Å². The van der Waals surface area contributed by atoms with Gasteiger partial charge in [-0.1, -0.05) is 11.8 Å². The van der Waals surface area contributed by atoms with Crippen molar-refractivity contribution < 1.29 is 19.4 Å². The fourth-order valence-electron chi connectivity index (χ4n) is 1.81. The summed E-state index contributed by atoms with van der Waals surface area (Å²) >= 11 is 3.27. The number of aromatic nitrogens is 2. The second-order valence-electron chi connectivity index (χ2n) is 4.10. The highest BCUT2D eigenvalue weighted by molar-refractivity contribution is 14.1. The summed E-state index contributed by atoms with van der Waals surface area (Å²) in [6.07, 6.45) is 0. The van der Waals surface area contributed by atoms with Crippen LogP contribution >= 0.6 is 34.4 Å². The highest BCUT2D eigenvalue weighted by atomic mass is 127. The van der Waals surface area contributed by atoms with Crippen molar-refractivity contribution >= 4 is 57.3 Å². The second kappa shape index (κ2) is 7.12. The molecule has 0 amide bonds. The maximum atomic E-state index is 11.7. The Balaban J connectivity index is 2.39. The maximum Gasteiger partial charge on any atom is 0.326 e. The third-order valence-electron chi connectivity index (χ3n) is 2.59. The van der Waals surface area contributed by atoms with Crippen LogP contribution in [0.4, 0.5) is 0 Å². The van der Waals surface area contributed by atoms with Crippen LogP contribution in [0, 0.1) is 3.57 Å². The highest BCUT2D eigenvalue weighted by Crippen LogP contribution is 2.25. The summed E-state index contributed by atoms with van der Waals surface area (Å²) in [5.41, 5.74) is 1.52. The highest BCUT2D eigenvalue weighted by Gasteiger charge is 2.16. The number of aliphatic carboxylic acids is 1. The average molecular weight is 420 g/mol. The first-order chi connectivity index (χ1) is 10.0. The van der Waals surface area contributed by atoms with E-state index in [0.717, 1.165) is 26.4 Å². The zero-order valence-corrected chi connectivity index (χ0v) is 14.2. The number of carbonyl (C=O) groups excluding carboxylic acids is 1. The molecule has 0 spiro atoms. The number of fused-ring (bicyclic) bond motifs is 1. The Morgan fingerprint density at radius 1 is 1.48 bits per heavy atom. The standard InChI is InChI=1S/C13H13IN2O4S/c1-2-20-12(19)6-16-10-4-3-8(14)5-9(10)15-13(16)21-7-11(17)18/h3-5H,2,6-7H2,1H3,(H,17,18). The summed E-state index contributed by atoms with van der Waals surface area (Å²) < 4.78 is 7.67. The molecular formula is C13H13IN2O4S. The van der Waals surface area contributed by atoms with E-state index in [4.69, 9.17) is 9.84 Å². The van der Waals surface area contributed by atoms with Gasteiger partial charge in [-0.3, -0.25) is 9.59 Å². The SMILES string of the molecule is CCOC(=O)Cn1c(SCC(=O)O)nc2cc(I)ccc21. The molecule has 6 nitrogen and oxygen atoms in total. The van der Waals surface area contributed by atoms with Gasteiger partial charge in [0.25, 0.3) is 0 Å². The minimum atomic E-state index is -0.927. The predicted octanol–water partition coefficient (Wildman–Crippen LogP) is 2.38. The van der Waals surface area contributed by atoms with E-state index in [0.29, 0.717) is 11.8 Å². The summed E-state index contributed by atoms with van der Waals surface area (Å²) in [6.45, 7) is 2.07. The first-order valence-corrected chi connectivity index (χ1v) is 8.23. The molecule has 21 heavy (non-hydrogen) atoms. The van der Waals surface area contributed by atoms with Gasteiger partial charge in [-0.05, 0) is 47.7 Å². The van der Waals surface area contributed by atoms with E-state index < -0.39 is 5.97 Å². The van der Waals surface area contributed by atoms with Gasteiger partial charge < -0.3 is 14.4 Å². The molecule has 0 aliphatic rings. The Kier molecular flexibility index (Phi) is 5.45. The van der Waals surface area contributed by atoms with Crippen LogP contribution in [-0.2, 0) is 20.9 Å². The van der Waals surface area contributed by atoms with Crippen LogP contribution in [0.1, 0.15) is 6.92 Å². The van der Waals surface area contributed by atoms with E-state index in [1.54, 1.807) is 11.5 Å². The van der Waals surface area contributed by atoms with Gasteiger partial charge in [0, 0.05) is 3.57 Å². The Morgan fingerprint density at radius 3 is 2.90 bits per heavy atom. The number of hydrogen-bond acceptors (Lipinski definition) is 5. The Labute approximate surface area is 139 Å². The van der Waals surface area contributed by atoms with Crippen LogP contribution in [0.15, 0.2) is 23.4 Å². The average Bonchev–Trinajstić information content (AvgIpc) is 2.74. The number of imidazole rings is 1. The number of carboxylic acid groups (broad SMARTS) is 1. The van der Waals surface area contributed by atoms with E-state index in [9.17, 15) is 9.59 Å². The summed E-state index contributed by atoms with van der Waals surface area (Å²) in [7, 11) is 0. The summed E-state index contributed by atoms with van der Waals surface area (Å²) in [4.78, 5) is 26.8. The van der Waals surface area contributed by atoms with Crippen LogP contribution in [0.3, 0.4) is 0 Å². The quantitative estimate of drug-likeness (QED) is 0.439. The molecule has 1 aromatic heterocycles. The van der Waals surface area contributed by atoms with Gasteiger partial charge in [-0.15, -0.1) is 0 Å². The summed E-state index contributed by atoms with van der Waals surface area (Å²) in [5, 5.41) is 9.30. The van der Waals surface area contributed by atoms with E-state index in [1.165, 1.54) is 0 Å². The zero-order valence-electron chi connectivity index (χ0n) is 11.2. The lowest BCUT2D eigenvalue weighted by Crippen LogP contribution is -2.14. The molecule has 0 atom stereocenters. The van der Waals surface area contributed by atoms with Crippen molar-refractivity contribution in [3.05, 3.63) is 21.8 Å². The van der Waals surface area contributed by atoms with Crippen molar-refractivity contribution in [3.63, 3.8) is 0 Å². The van der Waals surface area contributed by atoms with Gasteiger partial charge in [0.15, 0.2) is 5.16 Å². The zero-order chi connectivity index (χ0) is 15.4. The molecule has 1 heterocycles. The molecule has 0 unspecified atom stereocenters. The predicted molar refractivity (Wildman–Crippen MR) is 87.4 cm³/mol. The number of nitrogens with zero attached hydrogens (tertiary/aromatic N) is 2. The lowest BCUT2D eigenvalue weighted by atomic mass is 10.3. The molecule has 1 aromatic carbocycles. The molecule has 8 heteroatoms. The van der Waals surface area contributed by atoms with Crippen molar-refractivity contribution in [2.75, 3.05) is 12.4 Å². The number of halogens is 1. The molecule has 0 radical (unpaired) electrons. The molecule has 112 valence electrons. The normalized spacial score (nSPS) is 10.8. The van der Waals surface area contributed by atoms with Crippen LogP contribution in [0.2, 0.25) is 0 Å². The molecule has 0 saturated carbocycles. The lowest BCUT2D eigenvalue weighted by Gasteiger charge is -2.07. The number of ether oxygens (including phenoxy) is 1. The third kappa shape index (κ3) is 4.10. The second-order valence-corrected chi connectivity index (χ2v) is 6.29. The van der Waals surface area contributed by atoms with Gasteiger partial charge in [0.1, 0.15) is 6.54 Å². The third-order valence-corrected chi connectivity index (χ3v) is 4.22. The number of benzene rings is 1. The molecule has 0 fully saturated rings. The van der Waals surface area contributed by atoms with Crippen LogP contribution in [0.25, 0.3) is 11.0 Å². The number of thioether (sulfide) groups is 1. The fourth-order valence-corrected chi connectivity index (χ4v) is 3.01. The van der Waals surface area contributed by atoms with Crippen LogP contribution in [0.5, 0.6) is 0 Å². The molecule has 2 rings (SSSR count). The molecular weight excluding hydrogens is 407 g/mol. The molecule has 0 bridgehead atoms. The Morgan fingerprint density at radius 2 is 2.24 bits per heavy atom. The number of carboxylic acids is 1. The van der Waals surface area contributed by atoms with Gasteiger partial charge in [0.2, 0.25) is 0 Å². The lowest BCUT2D eigenvalue weighted by molar-refractivity contribution is -0.143. The van der Waals surface area contributed by atoms with Gasteiger partial charge >= 0.3 is 11.9 Å². The van der Waals surface area contributed by atoms with Crippen molar-refractivity contribution in [2.24, 2.45) is 0 Å². The minimum absolute atomic E-state index is 0.0207. The molecule has 2 aromatic rings. The fraction of sp³-hybridized carbons (Fsp3) is 0.308. The number of esters is 1. The topological polar surface area (TPSA) is 81.4 Å². The number of rotatable bonds is 6. The van der Waals surface area contributed by atoms with E-state index >= 15 is 0 Å². The number of hydrogen-bond donors (Lipinski definition) is 1. The molecule has 0 saturated heterocycles. The smallest absolute Gasteiger partial charge is 0.326 e. The Hall–Kier alpha value is -1.29. The van der Waals surface area contributed by atoms with Crippen LogP contribution in [-0.4, -0.2) is 39.0 Å². The molecule has 0 aliphatic heterocycles. The van der Waals surface area contributed by atoms with E-state index in [1.807, 2.05) is 18.2 Å². The minimum Gasteiger partial charge on any atom is -0.481 e. The monoisotopic (exact) mass is 420 g/mol. The van der Waals surface area contributed by atoms with Crippen LogP contribution < -0.4 is 0 Å². The number of carbonyl (C=O) groups is 2. The van der Waals surface area contributed by atoms with Crippen molar-refractivity contribution in [1.82, 2.24) is 9.55 Å². The van der Waals surface area contributed by atoms with E-state index in [2.05, 4.69) is 27.6 Å². The van der Waals surface area contributed by atoms with Crippen molar-refractivity contribution in [1.29, 1.82) is 0 Å². The molecule has 0 aliphatic carbocycles. The largest absolute Gasteiger partial charge is 0.481 e.